The quantitative estimate of drug-likeness (QED) is 0.848. The zero-order chi connectivity index (χ0) is 15.1. The van der Waals surface area contributed by atoms with Crippen LogP contribution in [0.5, 0.6) is 0 Å². The summed E-state index contributed by atoms with van der Waals surface area (Å²) in [6.45, 7) is 4.91. The van der Waals surface area contributed by atoms with Gasteiger partial charge in [0.25, 0.3) is 0 Å². The molecule has 1 heterocycles. The second-order valence-corrected chi connectivity index (χ2v) is 6.01. The number of rotatable bonds is 7. The van der Waals surface area contributed by atoms with E-state index in [0.29, 0.717) is 12.5 Å². The van der Waals surface area contributed by atoms with Crippen molar-refractivity contribution in [3.8, 4) is 0 Å². The van der Waals surface area contributed by atoms with E-state index in [2.05, 4.69) is 24.1 Å². The van der Waals surface area contributed by atoms with Gasteiger partial charge in [-0.05, 0) is 11.5 Å². The third-order valence-electron chi connectivity index (χ3n) is 3.82. The normalized spacial score (nSPS) is 13.6. The molecule has 0 bridgehead atoms. The van der Waals surface area contributed by atoms with Crippen LogP contribution in [0.3, 0.4) is 0 Å². The van der Waals surface area contributed by atoms with Gasteiger partial charge in [-0.3, -0.25) is 4.79 Å². The van der Waals surface area contributed by atoms with Gasteiger partial charge in [0.15, 0.2) is 0 Å². The van der Waals surface area contributed by atoms with Gasteiger partial charge in [0, 0.05) is 18.3 Å². The zero-order valence-corrected chi connectivity index (χ0v) is 13.4. The lowest BCUT2D eigenvalue weighted by Crippen LogP contribution is -2.34. The summed E-state index contributed by atoms with van der Waals surface area (Å²) in [6, 6.07) is 10.0. The number of carbonyl (C=O) groups is 1. The summed E-state index contributed by atoms with van der Waals surface area (Å²) in [5.74, 6) is 0.365. The first-order valence-electron chi connectivity index (χ1n) is 7.42. The average Bonchev–Trinajstić information content (AvgIpc) is 3.01. The topological polar surface area (TPSA) is 42.0 Å². The third kappa shape index (κ3) is 4.39. The van der Waals surface area contributed by atoms with E-state index in [9.17, 15) is 4.79 Å². The highest BCUT2D eigenvalue weighted by molar-refractivity contribution is 7.07. The summed E-state index contributed by atoms with van der Waals surface area (Å²) >= 11 is 1.59. The standard InChI is InChI=1S/C17H22N2OS/c1-3-13(2)16(14-7-5-4-6-8-14)17(20)18-10-9-15-11-21-12-19-15/h4-8,11-13,16H,3,9-10H2,1-2H3,(H,18,20). The van der Waals surface area contributed by atoms with Crippen molar-refractivity contribution in [2.24, 2.45) is 5.92 Å². The van der Waals surface area contributed by atoms with Crippen molar-refractivity contribution in [3.05, 3.63) is 52.5 Å². The lowest BCUT2D eigenvalue weighted by molar-refractivity contribution is -0.123. The minimum Gasteiger partial charge on any atom is -0.355 e. The average molecular weight is 302 g/mol. The van der Waals surface area contributed by atoms with Gasteiger partial charge in [-0.2, -0.15) is 0 Å². The zero-order valence-electron chi connectivity index (χ0n) is 12.6. The largest absolute Gasteiger partial charge is 0.355 e. The molecule has 1 aromatic carbocycles. The van der Waals surface area contributed by atoms with Gasteiger partial charge in [-0.1, -0.05) is 50.6 Å². The molecule has 2 atom stereocenters. The smallest absolute Gasteiger partial charge is 0.227 e. The Labute approximate surface area is 130 Å². The summed E-state index contributed by atoms with van der Waals surface area (Å²) in [6.07, 6.45) is 1.77. The lowest BCUT2D eigenvalue weighted by Gasteiger charge is -2.22. The molecule has 0 fully saturated rings. The van der Waals surface area contributed by atoms with Crippen LogP contribution in [0.25, 0.3) is 0 Å². The second kappa shape index (κ2) is 7.93. The monoisotopic (exact) mass is 302 g/mol. The van der Waals surface area contributed by atoms with Crippen molar-refractivity contribution in [1.29, 1.82) is 0 Å². The number of nitrogens with one attached hydrogen (secondary N) is 1. The van der Waals surface area contributed by atoms with Crippen molar-refractivity contribution in [3.63, 3.8) is 0 Å². The van der Waals surface area contributed by atoms with Crippen LogP contribution in [-0.2, 0) is 11.2 Å². The molecule has 0 saturated carbocycles. The summed E-state index contributed by atoms with van der Waals surface area (Å²) in [5.41, 5.74) is 3.96. The molecule has 1 aromatic heterocycles. The molecule has 112 valence electrons. The molecule has 2 rings (SSSR count). The molecule has 2 aromatic rings. The Morgan fingerprint density at radius 3 is 2.71 bits per heavy atom. The highest BCUT2D eigenvalue weighted by atomic mass is 32.1. The molecular formula is C17H22N2OS. The van der Waals surface area contributed by atoms with E-state index in [4.69, 9.17) is 0 Å². The van der Waals surface area contributed by atoms with Gasteiger partial charge in [-0.25, -0.2) is 4.98 Å². The Morgan fingerprint density at radius 1 is 1.33 bits per heavy atom. The Hall–Kier alpha value is -1.68. The fraction of sp³-hybridized carbons (Fsp3) is 0.412. The van der Waals surface area contributed by atoms with Crippen LogP contribution in [0.4, 0.5) is 0 Å². The third-order valence-corrected chi connectivity index (χ3v) is 4.45. The molecule has 4 heteroatoms. The number of thiazole rings is 1. The number of benzene rings is 1. The summed E-state index contributed by atoms with van der Waals surface area (Å²) in [7, 11) is 0. The van der Waals surface area contributed by atoms with Crippen LogP contribution < -0.4 is 5.32 Å². The molecule has 0 aliphatic heterocycles. The molecular weight excluding hydrogens is 280 g/mol. The van der Waals surface area contributed by atoms with Crippen molar-refractivity contribution in [1.82, 2.24) is 10.3 Å². The number of carbonyl (C=O) groups excluding carboxylic acids is 1. The van der Waals surface area contributed by atoms with E-state index in [0.717, 1.165) is 24.1 Å². The minimum atomic E-state index is -0.0772. The van der Waals surface area contributed by atoms with E-state index < -0.39 is 0 Å². The van der Waals surface area contributed by atoms with E-state index in [1.165, 1.54) is 0 Å². The first-order valence-corrected chi connectivity index (χ1v) is 8.36. The Bertz CT molecular complexity index is 539. The number of aromatic nitrogens is 1. The first kappa shape index (κ1) is 15.7. The number of nitrogens with zero attached hydrogens (tertiary/aromatic N) is 1. The number of amides is 1. The van der Waals surface area contributed by atoms with Crippen LogP contribution in [-0.4, -0.2) is 17.4 Å². The van der Waals surface area contributed by atoms with E-state index in [1.807, 2.05) is 41.2 Å². The fourth-order valence-electron chi connectivity index (χ4n) is 2.42. The maximum atomic E-state index is 12.5. The van der Waals surface area contributed by atoms with Crippen LogP contribution in [0.15, 0.2) is 41.2 Å². The number of hydrogen-bond acceptors (Lipinski definition) is 3. The van der Waals surface area contributed by atoms with Gasteiger partial charge in [0.05, 0.1) is 17.1 Å². The van der Waals surface area contributed by atoms with Crippen LogP contribution in [0.2, 0.25) is 0 Å². The molecule has 2 unspecified atom stereocenters. The van der Waals surface area contributed by atoms with Crippen molar-refractivity contribution in [2.75, 3.05) is 6.54 Å². The highest BCUT2D eigenvalue weighted by Gasteiger charge is 2.25. The van der Waals surface area contributed by atoms with Crippen LogP contribution in [0.1, 0.15) is 37.4 Å². The number of hydrogen-bond donors (Lipinski definition) is 1. The van der Waals surface area contributed by atoms with Gasteiger partial charge in [0.1, 0.15) is 0 Å². The molecule has 3 nitrogen and oxygen atoms in total. The van der Waals surface area contributed by atoms with Gasteiger partial charge >= 0.3 is 0 Å². The van der Waals surface area contributed by atoms with Crippen LogP contribution >= 0.6 is 11.3 Å². The van der Waals surface area contributed by atoms with Gasteiger partial charge in [-0.15, -0.1) is 11.3 Å². The Morgan fingerprint density at radius 2 is 2.10 bits per heavy atom. The first-order chi connectivity index (χ1) is 10.2. The molecule has 1 N–H and O–H groups in total. The maximum absolute atomic E-state index is 12.5. The van der Waals surface area contributed by atoms with E-state index >= 15 is 0 Å². The van der Waals surface area contributed by atoms with Crippen molar-refractivity contribution >= 4 is 17.2 Å². The summed E-state index contributed by atoms with van der Waals surface area (Å²) in [4.78, 5) is 16.8. The molecule has 21 heavy (non-hydrogen) atoms. The Balaban J connectivity index is 1.98. The predicted molar refractivity (Wildman–Crippen MR) is 87.5 cm³/mol. The summed E-state index contributed by atoms with van der Waals surface area (Å²) < 4.78 is 0. The second-order valence-electron chi connectivity index (χ2n) is 5.29. The SMILES string of the molecule is CCC(C)C(C(=O)NCCc1cscn1)c1ccccc1. The molecule has 0 spiro atoms. The highest BCUT2D eigenvalue weighted by Crippen LogP contribution is 2.27. The van der Waals surface area contributed by atoms with E-state index in [1.54, 1.807) is 11.3 Å². The van der Waals surface area contributed by atoms with Gasteiger partial charge in [0.2, 0.25) is 5.91 Å². The molecule has 0 saturated heterocycles. The van der Waals surface area contributed by atoms with E-state index in [-0.39, 0.29) is 11.8 Å². The minimum absolute atomic E-state index is 0.0772. The maximum Gasteiger partial charge on any atom is 0.227 e. The van der Waals surface area contributed by atoms with Gasteiger partial charge < -0.3 is 5.32 Å². The van der Waals surface area contributed by atoms with Crippen molar-refractivity contribution in [2.45, 2.75) is 32.6 Å². The Kier molecular flexibility index (Phi) is 5.93. The molecule has 0 radical (unpaired) electrons. The van der Waals surface area contributed by atoms with Crippen LogP contribution in [0, 0.1) is 5.92 Å². The molecule has 0 aliphatic carbocycles. The fourth-order valence-corrected chi connectivity index (χ4v) is 3.01. The predicted octanol–water partition coefficient (Wildman–Crippen LogP) is 3.63. The molecule has 0 aliphatic rings. The lowest BCUT2D eigenvalue weighted by atomic mass is 9.85. The molecule has 1 amide bonds. The summed E-state index contributed by atoms with van der Waals surface area (Å²) in [5, 5.41) is 5.08. The van der Waals surface area contributed by atoms with Crippen molar-refractivity contribution < 1.29 is 4.79 Å².